The van der Waals surface area contributed by atoms with Crippen LogP contribution in [-0.4, -0.2) is 75.5 Å². The summed E-state index contributed by atoms with van der Waals surface area (Å²) in [4.78, 5) is 39.9. The van der Waals surface area contributed by atoms with Crippen LogP contribution in [0.25, 0.3) is 0 Å². The van der Waals surface area contributed by atoms with Gasteiger partial charge < -0.3 is 30.2 Å². The average molecular weight is 544 g/mol. The van der Waals surface area contributed by atoms with Crippen LogP contribution >= 0.6 is 0 Å². The van der Waals surface area contributed by atoms with Crippen molar-refractivity contribution in [1.82, 2.24) is 16.0 Å². The van der Waals surface area contributed by atoms with Crippen molar-refractivity contribution in [2.24, 2.45) is 0 Å². The van der Waals surface area contributed by atoms with Gasteiger partial charge >= 0.3 is 0 Å². The second-order valence-corrected chi connectivity index (χ2v) is 11.3. The Morgan fingerprint density at radius 3 is 0.923 bits per heavy atom. The second-order valence-electron chi connectivity index (χ2n) is 11.3. The van der Waals surface area contributed by atoms with E-state index in [0.29, 0.717) is 16.7 Å². The minimum atomic E-state index is -0.263. The molecule has 9 heteroatoms. The van der Waals surface area contributed by atoms with E-state index in [-0.39, 0.29) is 54.2 Å². The largest absolute Gasteiger partial charge is 0.381 e. The highest BCUT2D eigenvalue weighted by Crippen LogP contribution is 2.24. The topological polar surface area (TPSA) is 115 Å². The van der Waals surface area contributed by atoms with Gasteiger partial charge in [0, 0.05) is 56.1 Å². The molecular formula is C30H45N3O6. The molecule has 3 N–H and O–H groups in total. The number of carbonyl (C=O) groups excluding carboxylic acids is 3. The predicted molar refractivity (Wildman–Crippen MR) is 148 cm³/mol. The summed E-state index contributed by atoms with van der Waals surface area (Å²) in [5.74, 6) is -0.790. The van der Waals surface area contributed by atoms with E-state index in [1.807, 2.05) is 0 Å². The number of nitrogens with one attached hydrogen (secondary N) is 3. The molecular weight excluding hydrogens is 498 g/mol. The first kappa shape index (κ1) is 29.5. The lowest BCUT2D eigenvalue weighted by Gasteiger charge is -2.29. The van der Waals surface area contributed by atoms with Gasteiger partial charge in [-0.25, -0.2) is 0 Å². The van der Waals surface area contributed by atoms with E-state index >= 15 is 0 Å². The van der Waals surface area contributed by atoms with Crippen molar-refractivity contribution in [2.45, 2.75) is 113 Å². The summed E-state index contributed by atoms with van der Waals surface area (Å²) < 4.78 is 16.3. The lowest BCUT2D eigenvalue weighted by molar-refractivity contribution is 0.0596. The number of carbonyl (C=O) groups is 3. The van der Waals surface area contributed by atoms with Gasteiger partial charge in [0.2, 0.25) is 0 Å². The third-order valence-electron chi connectivity index (χ3n) is 8.75. The van der Waals surface area contributed by atoms with Crippen LogP contribution in [0.2, 0.25) is 0 Å². The van der Waals surface area contributed by atoms with Gasteiger partial charge in [-0.15, -0.1) is 0 Å². The van der Waals surface area contributed by atoms with Gasteiger partial charge in [-0.2, -0.15) is 0 Å². The zero-order chi connectivity index (χ0) is 27.8. The molecule has 0 aromatic heterocycles. The van der Waals surface area contributed by atoms with Crippen molar-refractivity contribution in [3.63, 3.8) is 0 Å². The Morgan fingerprint density at radius 2 is 0.718 bits per heavy atom. The maximum absolute atomic E-state index is 13.3. The fraction of sp³-hybridized carbons (Fsp3) is 0.700. The van der Waals surface area contributed by atoms with Crippen molar-refractivity contribution in [1.29, 1.82) is 0 Å². The molecule has 0 unspecified atom stereocenters. The Labute approximate surface area is 232 Å². The van der Waals surface area contributed by atoms with Gasteiger partial charge in [0.05, 0.1) is 18.3 Å². The molecule has 4 rings (SSSR count). The fourth-order valence-electron chi connectivity index (χ4n) is 6.16. The molecule has 3 aliphatic rings. The quantitative estimate of drug-likeness (QED) is 0.437. The first-order valence-electron chi connectivity index (χ1n) is 14.5. The van der Waals surface area contributed by atoms with Crippen LogP contribution in [0, 0.1) is 0 Å². The van der Waals surface area contributed by atoms with Crippen LogP contribution in [0.1, 0.15) is 108 Å². The van der Waals surface area contributed by atoms with Crippen molar-refractivity contribution < 1.29 is 28.6 Å². The van der Waals surface area contributed by atoms with E-state index in [9.17, 15) is 14.4 Å². The lowest BCUT2D eigenvalue weighted by Crippen LogP contribution is -2.41. The maximum Gasteiger partial charge on any atom is 0.251 e. The SMILES string of the molecule is COC1CCC(NC(=O)c2cc(C(=O)NC3CCC(OC)CC3)cc(C(=O)NC3CCC(OC)CC3)c2)CC1. The Hall–Kier alpha value is -2.49. The van der Waals surface area contributed by atoms with Gasteiger partial charge in [-0.1, -0.05) is 0 Å². The number of rotatable bonds is 9. The van der Waals surface area contributed by atoms with E-state index in [4.69, 9.17) is 14.2 Å². The monoisotopic (exact) mass is 543 g/mol. The van der Waals surface area contributed by atoms with Gasteiger partial charge in [0.15, 0.2) is 0 Å². The van der Waals surface area contributed by atoms with Crippen molar-refractivity contribution in [3.8, 4) is 0 Å². The predicted octanol–water partition coefficient (Wildman–Crippen LogP) is 3.75. The summed E-state index contributed by atoms with van der Waals surface area (Å²) in [7, 11) is 5.16. The fourth-order valence-corrected chi connectivity index (χ4v) is 6.16. The molecule has 0 heterocycles. The standard InChI is InChI=1S/C30H45N3O6/c1-37-25-10-4-22(5-11-25)31-28(34)19-16-20(29(35)32-23-6-12-26(38-2)13-7-23)18-21(17-19)30(36)33-24-8-14-27(39-3)15-9-24/h16-18,22-27H,4-15H2,1-3H3,(H,31,34)(H,32,35)(H,33,36). The molecule has 9 nitrogen and oxygen atoms in total. The molecule has 1 aromatic rings. The molecule has 0 aliphatic heterocycles. The smallest absolute Gasteiger partial charge is 0.251 e. The van der Waals surface area contributed by atoms with Crippen LogP contribution in [0.5, 0.6) is 0 Å². The Morgan fingerprint density at radius 1 is 0.487 bits per heavy atom. The van der Waals surface area contributed by atoms with E-state index in [0.717, 1.165) is 77.0 Å². The molecule has 0 bridgehead atoms. The first-order valence-corrected chi connectivity index (χ1v) is 14.5. The van der Waals surface area contributed by atoms with Crippen LogP contribution in [0.4, 0.5) is 0 Å². The van der Waals surface area contributed by atoms with Gasteiger partial charge in [0.25, 0.3) is 17.7 Å². The molecule has 3 amide bonds. The minimum Gasteiger partial charge on any atom is -0.381 e. The molecule has 0 radical (unpaired) electrons. The summed E-state index contributed by atoms with van der Waals surface area (Å²) in [6, 6.07) is 4.95. The highest BCUT2D eigenvalue weighted by molar-refractivity contribution is 6.04. The summed E-state index contributed by atoms with van der Waals surface area (Å²) in [6.07, 6.45) is 11.1. The molecule has 3 fully saturated rings. The minimum absolute atomic E-state index is 0.0468. The van der Waals surface area contributed by atoms with Crippen LogP contribution in [-0.2, 0) is 14.2 Å². The van der Waals surface area contributed by atoms with E-state index in [1.54, 1.807) is 39.5 Å². The third kappa shape index (κ3) is 8.25. The summed E-state index contributed by atoms with van der Waals surface area (Å²) in [5, 5.41) is 9.34. The molecule has 0 saturated heterocycles. The molecule has 0 spiro atoms. The van der Waals surface area contributed by atoms with Crippen LogP contribution in [0.15, 0.2) is 18.2 Å². The van der Waals surface area contributed by atoms with Crippen LogP contribution in [0.3, 0.4) is 0 Å². The summed E-state index contributed by atoms with van der Waals surface area (Å²) >= 11 is 0. The first-order chi connectivity index (χ1) is 18.9. The van der Waals surface area contributed by atoms with E-state index in [2.05, 4.69) is 16.0 Å². The van der Waals surface area contributed by atoms with Crippen molar-refractivity contribution in [2.75, 3.05) is 21.3 Å². The van der Waals surface area contributed by atoms with E-state index < -0.39 is 0 Å². The molecule has 0 atom stereocenters. The lowest BCUT2D eigenvalue weighted by atomic mass is 9.92. The second kappa shape index (κ2) is 14.2. The normalized spacial score (nSPS) is 29.3. The number of hydrogen-bond acceptors (Lipinski definition) is 6. The zero-order valence-corrected chi connectivity index (χ0v) is 23.6. The zero-order valence-electron chi connectivity index (χ0n) is 23.6. The Balaban J connectivity index is 1.47. The highest BCUT2D eigenvalue weighted by atomic mass is 16.5. The number of amides is 3. The van der Waals surface area contributed by atoms with Gasteiger partial charge in [-0.3, -0.25) is 14.4 Å². The molecule has 3 aliphatic carbocycles. The maximum atomic E-state index is 13.3. The molecule has 1 aromatic carbocycles. The number of hydrogen-bond donors (Lipinski definition) is 3. The van der Waals surface area contributed by atoms with Crippen molar-refractivity contribution >= 4 is 17.7 Å². The number of ether oxygens (including phenoxy) is 3. The Bertz CT molecular complexity index is 841. The van der Waals surface area contributed by atoms with Gasteiger partial charge in [0.1, 0.15) is 0 Å². The molecule has 216 valence electrons. The highest BCUT2D eigenvalue weighted by Gasteiger charge is 2.27. The molecule has 3 saturated carbocycles. The third-order valence-corrected chi connectivity index (χ3v) is 8.75. The number of methoxy groups -OCH3 is 3. The number of benzene rings is 1. The van der Waals surface area contributed by atoms with Gasteiger partial charge in [-0.05, 0) is 95.2 Å². The summed E-state index contributed by atoms with van der Waals surface area (Å²) in [5.41, 5.74) is 0.980. The van der Waals surface area contributed by atoms with Crippen LogP contribution < -0.4 is 16.0 Å². The average Bonchev–Trinajstić information content (AvgIpc) is 2.98. The van der Waals surface area contributed by atoms with Crippen molar-refractivity contribution in [3.05, 3.63) is 34.9 Å². The summed E-state index contributed by atoms with van der Waals surface area (Å²) in [6.45, 7) is 0. The molecule has 39 heavy (non-hydrogen) atoms. The Kier molecular flexibility index (Phi) is 10.8. The van der Waals surface area contributed by atoms with E-state index in [1.165, 1.54) is 0 Å².